The van der Waals surface area contributed by atoms with Crippen LogP contribution < -0.4 is 5.32 Å². The van der Waals surface area contributed by atoms with E-state index in [1.807, 2.05) is 19.2 Å². The number of rotatable bonds is 6. The summed E-state index contributed by atoms with van der Waals surface area (Å²) in [6.45, 7) is 3.62. The minimum absolute atomic E-state index is 0.155. The van der Waals surface area contributed by atoms with E-state index in [1.165, 1.54) is 63.9 Å². The molecule has 0 fully saturated rings. The summed E-state index contributed by atoms with van der Waals surface area (Å²) < 4.78 is 26.5. The van der Waals surface area contributed by atoms with E-state index in [-0.39, 0.29) is 16.8 Å². The van der Waals surface area contributed by atoms with Crippen molar-refractivity contribution < 1.29 is 13.2 Å². The molecule has 0 unspecified atom stereocenters. The van der Waals surface area contributed by atoms with Crippen LogP contribution in [-0.4, -0.2) is 36.7 Å². The SMILES string of the molecule is CC(C)N(C)S(=O)(=O)c1ccc(C(=O)Nc2nc(-c3ccc4c(c3)CCCC4)cs2)cc1. The first kappa shape index (κ1) is 22.6. The molecule has 32 heavy (non-hydrogen) atoms. The maximum Gasteiger partial charge on any atom is 0.257 e. The quantitative estimate of drug-likeness (QED) is 0.553. The monoisotopic (exact) mass is 469 g/mol. The largest absolute Gasteiger partial charge is 0.298 e. The second-order valence-electron chi connectivity index (χ2n) is 8.32. The Labute approximate surface area is 193 Å². The number of nitrogens with one attached hydrogen (secondary N) is 1. The molecule has 4 rings (SSSR count). The van der Waals surface area contributed by atoms with Gasteiger partial charge in [-0.25, -0.2) is 13.4 Å². The van der Waals surface area contributed by atoms with Crippen LogP contribution in [0.2, 0.25) is 0 Å². The summed E-state index contributed by atoms with van der Waals surface area (Å²) in [5, 5.41) is 5.27. The molecule has 1 aliphatic carbocycles. The van der Waals surface area contributed by atoms with Crippen LogP contribution in [0.5, 0.6) is 0 Å². The molecule has 168 valence electrons. The molecular formula is C24H27N3O3S2. The predicted molar refractivity (Wildman–Crippen MR) is 129 cm³/mol. The van der Waals surface area contributed by atoms with Crippen molar-refractivity contribution in [1.82, 2.24) is 9.29 Å². The number of aryl methyl sites for hydroxylation is 2. The van der Waals surface area contributed by atoms with Crippen molar-refractivity contribution in [2.75, 3.05) is 12.4 Å². The highest BCUT2D eigenvalue weighted by Gasteiger charge is 2.23. The number of amides is 1. The van der Waals surface area contributed by atoms with E-state index >= 15 is 0 Å². The third kappa shape index (κ3) is 4.62. The summed E-state index contributed by atoms with van der Waals surface area (Å²) in [5.74, 6) is -0.322. The summed E-state index contributed by atoms with van der Waals surface area (Å²) in [6, 6.07) is 12.3. The van der Waals surface area contributed by atoms with Crippen LogP contribution >= 0.6 is 11.3 Å². The van der Waals surface area contributed by atoms with Gasteiger partial charge in [0.25, 0.3) is 5.91 Å². The maximum atomic E-state index is 12.7. The number of hydrogen-bond acceptors (Lipinski definition) is 5. The lowest BCUT2D eigenvalue weighted by molar-refractivity contribution is 0.102. The minimum Gasteiger partial charge on any atom is -0.298 e. The van der Waals surface area contributed by atoms with Crippen molar-refractivity contribution in [3.8, 4) is 11.3 Å². The normalized spacial score (nSPS) is 13.9. The number of nitrogens with zero attached hydrogens (tertiary/aromatic N) is 2. The van der Waals surface area contributed by atoms with Gasteiger partial charge in [0, 0.05) is 29.6 Å². The number of carbonyl (C=O) groups excluding carboxylic acids is 1. The number of hydrogen-bond donors (Lipinski definition) is 1. The Hall–Kier alpha value is -2.55. The van der Waals surface area contributed by atoms with Crippen molar-refractivity contribution in [3.05, 3.63) is 64.5 Å². The van der Waals surface area contributed by atoms with Crippen LogP contribution in [0.25, 0.3) is 11.3 Å². The Kier molecular flexibility index (Phi) is 6.46. The van der Waals surface area contributed by atoms with E-state index in [2.05, 4.69) is 28.5 Å². The maximum absolute atomic E-state index is 12.7. The smallest absolute Gasteiger partial charge is 0.257 e. The number of thiazole rings is 1. The zero-order valence-corrected chi connectivity index (χ0v) is 20.1. The zero-order chi connectivity index (χ0) is 22.9. The molecule has 1 aliphatic rings. The second-order valence-corrected chi connectivity index (χ2v) is 11.2. The van der Waals surface area contributed by atoms with Crippen LogP contribution in [0.4, 0.5) is 5.13 Å². The third-order valence-corrected chi connectivity index (χ3v) is 8.70. The minimum atomic E-state index is -3.58. The van der Waals surface area contributed by atoms with E-state index in [0.29, 0.717) is 10.7 Å². The van der Waals surface area contributed by atoms with Gasteiger partial charge in [0.15, 0.2) is 5.13 Å². The van der Waals surface area contributed by atoms with Gasteiger partial charge in [-0.1, -0.05) is 12.1 Å². The first-order valence-electron chi connectivity index (χ1n) is 10.7. The van der Waals surface area contributed by atoms with E-state index in [0.717, 1.165) is 24.1 Å². The molecule has 3 aromatic rings. The summed E-state index contributed by atoms with van der Waals surface area (Å²) >= 11 is 1.37. The first-order valence-corrected chi connectivity index (χ1v) is 13.0. The molecule has 0 saturated carbocycles. The Morgan fingerprint density at radius 1 is 1.06 bits per heavy atom. The van der Waals surface area contributed by atoms with Crippen LogP contribution in [-0.2, 0) is 22.9 Å². The van der Waals surface area contributed by atoms with E-state index in [9.17, 15) is 13.2 Å². The molecule has 0 spiro atoms. The number of aromatic nitrogens is 1. The van der Waals surface area contributed by atoms with Gasteiger partial charge in [-0.05, 0) is 81.0 Å². The molecule has 0 radical (unpaired) electrons. The van der Waals surface area contributed by atoms with E-state index < -0.39 is 10.0 Å². The highest BCUT2D eigenvalue weighted by molar-refractivity contribution is 7.89. The molecule has 6 nitrogen and oxygen atoms in total. The molecule has 2 aromatic carbocycles. The topological polar surface area (TPSA) is 79.4 Å². The predicted octanol–water partition coefficient (Wildman–Crippen LogP) is 4.97. The number of fused-ring (bicyclic) bond motifs is 1. The van der Waals surface area contributed by atoms with Gasteiger partial charge in [-0.3, -0.25) is 10.1 Å². The van der Waals surface area contributed by atoms with Gasteiger partial charge in [-0.15, -0.1) is 11.3 Å². The Bertz CT molecular complexity index is 1230. The highest BCUT2D eigenvalue weighted by atomic mass is 32.2. The number of benzene rings is 2. The lowest BCUT2D eigenvalue weighted by Gasteiger charge is -2.21. The fourth-order valence-corrected chi connectivity index (χ4v) is 5.83. The lowest BCUT2D eigenvalue weighted by atomic mass is 9.90. The Morgan fingerprint density at radius 3 is 2.44 bits per heavy atom. The van der Waals surface area contributed by atoms with Gasteiger partial charge in [0.2, 0.25) is 10.0 Å². The average molecular weight is 470 g/mol. The Morgan fingerprint density at radius 2 is 1.75 bits per heavy atom. The summed E-state index contributed by atoms with van der Waals surface area (Å²) in [5.41, 5.74) is 5.10. The zero-order valence-electron chi connectivity index (χ0n) is 18.5. The van der Waals surface area contributed by atoms with Crippen LogP contribution in [0, 0.1) is 0 Å². The summed E-state index contributed by atoms with van der Waals surface area (Å²) in [6.07, 6.45) is 4.72. The molecule has 8 heteroatoms. The van der Waals surface area contributed by atoms with Gasteiger partial charge >= 0.3 is 0 Å². The number of anilines is 1. The molecular weight excluding hydrogens is 442 g/mol. The standard InChI is InChI=1S/C24H27N3O3S2/c1-16(2)27(3)32(29,30)21-12-10-18(11-13-21)23(28)26-24-25-22(15-31-24)20-9-8-17-6-4-5-7-19(17)14-20/h8-16H,4-7H2,1-3H3,(H,25,26,28). The van der Waals surface area contributed by atoms with Crippen molar-refractivity contribution in [1.29, 1.82) is 0 Å². The van der Waals surface area contributed by atoms with Gasteiger partial charge in [0.05, 0.1) is 10.6 Å². The fraction of sp³-hybridized carbons (Fsp3) is 0.333. The second kappa shape index (κ2) is 9.13. The number of sulfonamides is 1. The molecule has 0 aliphatic heterocycles. The lowest BCUT2D eigenvalue weighted by Crippen LogP contribution is -2.33. The molecule has 0 atom stereocenters. The molecule has 1 amide bonds. The van der Waals surface area contributed by atoms with Crippen LogP contribution in [0.3, 0.4) is 0 Å². The summed E-state index contributed by atoms with van der Waals surface area (Å²) in [4.78, 5) is 17.4. The molecule has 1 aromatic heterocycles. The van der Waals surface area contributed by atoms with Crippen LogP contribution in [0.15, 0.2) is 52.7 Å². The van der Waals surface area contributed by atoms with Gasteiger partial charge < -0.3 is 0 Å². The molecule has 0 bridgehead atoms. The van der Waals surface area contributed by atoms with E-state index in [1.54, 1.807) is 7.05 Å². The van der Waals surface area contributed by atoms with Gasteiger partial charge in [0.1, 0.15) is 0 Å². The van der Waals surface area contributed by atoms with Crippen molar-refractivity contribution in [2.24, 2.45) is 0 Å². The third-order valence-electron chi connectivity index (χ3n) is 5.89. The van der Waals surface area contributed by atoms with Crippen molar-refractivity contribution >= 4 is 32.4 Å². The van der Waals surface area contributed by atoms with Crippen molar-refractivity contribution in [3.63, 3.8) is 0 Å². The molecule has 1 N–H and O–H groups in total. The van der Waals surface area contributed by atoms with Crippen LogP contribution in [0.1, 0.15) is 48.2 Å². The Balaban J connectivity index is 1.47. The number of carbonyl (C=O) groups is 1. The fourth-order valence-electron chi connectivity index (χ4n) is 3.75. The van der Waals surface area contributed by atoms with Crippen molar-refractivity contribution in [2.45, 2.75) is 50.5 Å². The average Bonchev–Trinajstić information content (AvgIpc) is 3.26. The van der Waals surface area contributed by atoms with E-state index in [4.69, 9.17) is 0 Å². The molecule has 0 saturated heterocycles. The molecule has 1 heterocycles. The highest BCUT2D eigenvalue weighted by Crippen LogP contribution is 2.30. The summed E-state index contributed by atoms with van der Waals surface area (Å²) in [7, 11) is -2.04. The van der Waals surface area contributed by atoms with Gasteiger partial charge in [-0.2, -0.15) is 4.31 Å². The first-order chi connectivity index (χ1) is 15.3.